The van der Waals surface area contributed by atoms with E-state index < -0.39 is 11.9 Å². The van der Waals surface area contributed by atoms with Gasteiger partial charge in [-0.15, -0.1) is 0 Å². The van der Waals surface area contributed by atoms with Crippen LogP contribution in [-0.4, -0.2) is 83.9 Å². The summed E-state index contributed by atoms with van der Waals surface area (Å²) in [5, 5.41) is 37.6. The number of aromatic carboxylic acids is 2. The molecule has 0 saturated carbocycles. The van der Waals surface area contributed by atoms with Crippen molar-refractivity contribution in [2.24, 2.45) is 0 Å². The second kappa shape index (κ2) is 19.3. The number of hydrogen-bond acceptors (Lipinski definition) is 10. The second-order valence-electron chi connectivity index (χ2n) is 14.0. The van der Waals surface area contributed by atoms with Crippen molar-refractivity contribution in [1.29, 1.82) is 0 Å². The van der Waals surface area contributed by atoms with Crippen LogP contribution in [0.25, 0.3) is 11.3 Å². The lowest BCUT2D eigenvalue weighted by Gasteiger charge is -2.32. The zero-order valence-electron chi connectivity index (χ0n) is 32.1. The van der Waals surface area contributed by atoms with Gasteiger partial charge >= 0.3 is 19.1 Å². The molecule has 1 aliphatic rings. The number of nitrogens with zero attached hydrogens (tertiary/aromatic N) is 4. The zero-order valence-corrected chi connectivity index (χ0v) is 32.8. The summed E-state index contributed by atoms with van der Waals surface area (Å²) in [6, 6.07) is 18.5. The number of benzene rings is 2. The Morgan fingerprint density at radius 1 is 0.741 bits per heavy atom. The Bertz CT molecular complexity index is 2280. The maximum Gasteiger partial charge on any atom is 0.498 e. The van der Waals surface area contributed by atoms with Crippen molar-refractivity contribution in [3.8, 4) is 11.3 Å². The number of H-pyrrole nitrogens is 2. The number of pyridine rings is 2. The molecule has 7 rings (SSSR count). The Hall–Kier alpha value is -6.17. The van der Waals surface area contributed by atoms with Crippen LogP contribution in [0.3, 0.4) is 0 Å². The molecule has 0 aliphatic carbocycles. The van der Waals surface area contributed by atoms with E-state index in [2.05, 4.69) is 41.0 Å². The van der Waals surface area contributed by atoms with Crippen molar-refractivity contribution in [2.75, 3.05) is 23.7 Å². The molecule has 0 amide bonds. The lowest BCUT2D eigenvalue weighted by Crippen LogP contribution is -2.41. The fraction of sp³-hybridized carbons (Fsp3) is 0.250. The Kier molecular flexibility index (Phi) is 14.3. The van der Waals surface area contributed by atoms with Crippen LogP contribution < -0.4 is 16.1 Å². The summed E-state index contributed by atoms with van der Waals surface area (Å²) in [4.78, 5) is 30.7. The lowest BCUT2D eigenvalue weighted by molar-refractivity contribution is 0.00578. The normalized spacial score (nSPS) is 13.7. The standard InChI is InChI=1S/C17H15FN4O2.C14H12ClFN2O2.C9H15BN2O2/c18-13-3-1-2-11(8-13)6-7-19-16-14(17(23)24)4-5-15(22-16)12-9-20-21-10-12;15-12-5-4-11(14(19)20)13(18-12)17-7-6-9-2-1-3-10(16)8-9;1-8(2)9(3,4)14-10(13-8)7-5-11-12-6-7/h1-5,8-10H,6-7H2,(H,19,22)(H,20,21)(H,23,24);1-5,8H,6-7H2,(H,17,18)(H,19,20);5-6H,1-4H3,(H,11,12). The van der Waals surface area contributed by atoms with Crippen molar-refractivity contribution < 1.29 is 37.9 Å². The highest BCUT2D eigenvalue weighted by molar-refractivity contribution is 6.61. The Labute approximate surface area is 338 Å². The highest BCUT2D eigenvalue weighted by Crippen LogP contribution is 2.36. The number of halogens is 3. The summed E-state index contributed by atoms with van der Waals surface area (Å²) >= 11 is 5.74. The number of aromatic amines is 2. The summed E-state index contributed by atoms with van der Waals surface area (Å²) in [6.07, 6.45) is 7.91. The molecule has 1 saturated heterocycles. The predicted octanol–water partition coefficient (Wildman–Crippen LogP) is 6.90. The van der Waals surface area contributed by atoms with E-state index >= 15 is 0 Å². The van der Waals surface area contributed by atoms with E-state index in [-0.39, 0.29) is 57.9 Å². The minimum atomic E-state index is -1.08. The van der Waals surface area contributed by atoms with Crippen molar-refractivity contribution in [1.82, 2.24) is 30.4 Å². The fourth-order valence-corrected chi connectivity index (χ4v) is 5.61. The monoisotopic (exact) mass is 814 g/mol. The number of nitrogens with one attached hydrogen (secondary N) is 4. The minimum absolute atomic E-state index is 0.0497. The minimum Gasteiger partial charge on any atom is -0.478 e. The van der Waals surface area contributed by atoms with Gasteiger partial charge in [0, 0.05) is 42.7 Å². The van der Waals surface area contributed by atoms with E-state index in [1.165, 1.54) is 42.5 Å². The molecule has 302 valence electrons. The second-order valence-corrected chi connectivity index (χ2v) is 14.3. The molecule has 58 heavy (non-hydrogen) atoms. The van der Waals surface area contributed by atoms with Crippen LogP contribution in [0.1, 0.15) is 59.5 Å². The maximum absolute atomic E-state index is 13.2. The number of aromatic nitrogens is 6. The Morgan fingerprint density at radius 3 is 1.74 bits per heavy atom. The van der Waals surface area contributed by atoms with E-state index in [0.29, 0.717) is 31.6 Å². The molecule has 0 radical (unpaired) electrons. The largest absolute Gasteiger partial charge is 0.498 e. The van der Waals surface area contributed by atoms with Gasteiger partial charge in [0.1, 0.15) is 39.6 Å². The van der Waals surface area contributed by atoms with Crippen LogP contribution in [0.2, 0.25) is 5.15 Å². The maximum atomic E-state index is 13.2. The number of anilines is 2. The molecule has 14 nitrogen and oxygen atoms in total. The summed E-state index contributed by atoms with van der Waals surface area (Å²) in [6.45, 7) is 9.00. The average molecular weight is 815 g/mol. The van der Waals surface area contributed by atoms with Gasteiger partial charge in [-0.05, 0) is 100 Å². The van der Waals surface area contributed by atoms with Crippen molar-refractivity contribution in [3.05, 3.63) is 137 Å². The van der Waals surface area contributed by atoms with Gasteiger partial charge < -0.3 is 30.2 Å². The van der Waals surface area contributed by atoms with Gasteiger partial charge in [-0.2, -0.15) is 10.2 Å². The fourth-order valence-electron chi connectivity index (χ4n) is 5.47. The van der Waals surface area contributed by atoms with E-state index in [0.717, 1.165) is 22.2 Å². The molecule has 2 aromatic carbocycles. The third-order valence-electron chi connectivity index (χ3n) is 9.25. The number of carbonyl (C=O) groups is 2. The SMILES string of the molecule is CC1(C)OB(c2cn[nH]c2)OC1(C)C.O=C(O)c1ccc(-c2cn[nH]c2)nc1NCCc1cccc(F)c1.O=C(O)c1ccc(Cl)nc1NCCc1cccc(F)c1. The van der Waals surface area contributed by atoms with E-state index in [4.69, 9.17) is 26.0 Å². The Morgan fingerprint density at radius 2 is 1.26 bits per heavy atom. The Balaban J connectivity index is 0.000000171. The third-order valence-corrected chi connectivity index (χ3v) is 9.46. The van der Waals surface area contributed by atoms with Gasteiger partial charge in [0.25, 0.3) is 0 Å². The molecular weight excluding hydrogens is 773 g/mol. The molecule has 1 fully saturated rings. The number of carboxylic acids is 2. The summed E-state index contributed by atoms with van der Waals surface area (Å²) < 4.78 is 37.8. The highest BCUT2D eigenvalue weighted by Gasteiger charge is 2.52. The number of carboxylic acid groups (broad SMARTS) is 2. The molecule has 4 aromatic heterocycles. The van der Waals surface area contributed by atoms with Crippen LogP contribution in [0.5, 0.6) is 0 Å². The molecule has 0 bridgehead atoms. The van der Waals surface area contributed by atoms with E-state index in [1.54, 1.807) is 49.1 Å². The van der Waals surface area contributed by atoms with Gasteiger partial charge in [0.05, 0.1) is 23.1 Å². The molecular formula is C40H42BClF2N8O6. The lowest BCUT2D eigenvalue weighted by atomic mass is 9.82. The predicted molar refractivity (Wildman–Crippen MR) is 216 cm³/mol. The van der Waals surface area contributed by atoms with Gasteiger partial charge in [0.15, 0.2) is 0 Å². The summed E-state index contributed by atoms with van der Waals surface area (Å²) in [5.74, 6) is -2.25. The molecule has 0 atom stereocenters. The summed E-state index contributed by atoms with van der Waals surface area (Å²) in [5.41, 5.74) is 3.52. The number of hydrogen-bond donors (Lipinski definition) is 6. The van der Waals surface area contributed by atoms with Gasteiger partial charge in [0.2, 0.25) is 0 Å². The molecule has 5 heterocycles. The van der Waals surface area contributed by atoms with Crippen molar-refractivity contribution in [3.63, 3.8) is 0 Å². The van der Waals surface area contributed by atoms with Crippen molar-refractivity contribution >= 4 is 47.8 Å². The van der Waals surface area contributed by atoms with Crippen LogP contribution >= 0.6 is 11.6 Å². The molecule has 6 aromatic rings. The van der Waals surface area contributed by atoms with Crippen LogP contribution in [-0.2, 0) is 22.2 Å². The first-order valence-corrected chi connectivity index (χ1v) is 18.4. The summed E-state index contributed by atoms with van der Waals surface area (Å²) in [7, 11) is -0.307. The van der Waals surface area contributed by atoms with Gasteiger partial charge in [-0.25, -0.2) is 28.3 Å². The zero-order chi connectivity index (χ0) is 41.9. The molecule has 0 unspecified atom stereocenters. The first-order valence-electron chi connectivity index (χ1n) is 18.1. The molecule has 6 N–H and O–H groups in total. The van der Waals surface area contributed by atoms with E-state index in [9.17, 15) is 23.5 Å². The van der Waals surface area contributed by atoms with Crippen LogP contribution in [0.15, 0.2) is 97.6 Å². The van der Waals surface area contributed by atoms with Crippen molar-refractivity contribution in [2.45, 2.75) is 51.7 Å². The van der Waals surface area contributed by atoms with Crippen LogP contribution in [0, 0.1) is 11.6 Å². The molecule has 0 spiro atoms. The van der Waals surface area contributed by atoms with Gasteiger partial charge in [-0.3, -0.25) is 10.2 Å². The first-order chi connectivity index (χ1) is 27.6. The van der Waals surface area contributed by atoms with Crippen LogP contribution in [0.4, 0.5) is 20.4 Å². The average Bonchev–Trinajstić information content (AvgIpc) is 3.94. The molecule has 18 heteroatoms. The quantitative estimate of drug-likeness (QED) is 0.0553. The smallest absolute Gasteiger partial charge is 0.478 e. The van der Waals surface area contributed by atoms with E-state index in [1.807, 2.05) is 33.8 Å². The number of rotatable bonds is 12. The highest BCUT2D eigenvalue weighted by atomic mass is 35.5. The van der Waals surface area contributed by atoms with Gasteiger partial charge in [-0.1, -0.05) is 35.9 Å². The molecule has 1 aliphatic heterocycles. The third kappa shape index (κ3) is 11.7. The first kappa shape index (κ1) is 43.0. The topological polar surface area (TPSA) is 200 Å².